The summed E-state index contributed by atoms with van der Waals surface area (Å²) in [6, 6.07) is 5.63. The molecule has 0 aliphatic heterocycles. The maximum atomic E-state index is 9.79. The van der Waals surface area contributed by atoms with E-state index in [1.165, 1.54) is 0 Å². The molecule has 0 aromatic heterocycles. The molecule has 0 heterocycles. The van der Waals surface area contributed by atoms with Gasteiger partial charge in [-0.15, -0.1) is 0 Å². The van der Waals surface area contributed by atoms with Crippen molar-refractivity contribution < 1.29 is 10.3 Å². The monoisotopic (exact) mass is 251 g/mol. The second kappa shape index (κ2) is 5.27. The molecule has 5 heteroatoms. The molecule has 0 spiro atoms. The first-order valence-corrected chi connectivity index (χ1v) is 5.76. The fraction of sp³-hybridized carbons (Fsp3) is 0.462. The standard InChI is InChI=1S/C13H21N3O2/c1-9-7-10(16(4)8-13(2,3)17)5-6-11(9)12(14)15-18/h5-7,17-18H,8H2,1-4H3,(H2,14,15). The highest BCUT2D eigenvalue weighted by molar-refractivity contribution is 5.98. The number of aliphatic hydroxyl groups is 1. The molecule has 0 atom stereocenters. The zero-order valence-corrected chi connectivity index (χ0v) is 11.3. The van der Waals surface area contributed by atoms with Gasteiger partial charge in [-0.3, -0.25) is 0 Å². The van der Waals surface area contributed by atoms with Gasteiger partial charge in [0.25, 0.3) is 0 Å². The van der Waals surface area contributed by atoms with E-state index in [0.717, 1.165) is 11.3 Å². The van der Waals surface area contributed by atoms with Gasteiger partial charge in [-0.25, -0.2) is 0 Å². The SMILES string of the molecule is Cc1cc(N(C)CC(C)(C)O)ccc1/C(N)=N/O. The number of oxime groups is 1. The summed E-state index contributed by atoms with van der Waals surface area (Å²) in [6.07, 6.45) is 0. The molecule has 1 aromatic rings. The van der Waals surface area contributed by atoms with Gasteiger partial charge in [0.15, 0.2) is 5.84 Å². The van der Waals surface area contributed by atoms with E-state index in [4.69, 9.17) is 10.9 Å². The normalized spacial score (nSPS) is 12.6. The molecular weight excluding hydrogens is 230 g/mol. The van der Waals surface area contributed by atoms with Crippen LogP contribution in [0.3, 0.4) is 0 Å². The predicted molar refractivity (Wildman–Crippen MR) is 73.3 cm³/mol. The Kier molecular flexibility index (Phi) is 4.19. The molecule has 4 N–H and O–H groups in total. The van der Waals surface area contributed by atoms with Crippen molar-refractivity contribution in [3.63, 3.8) is 0 Å². The Balaban J connectivity index is 2.98. The summed E-state index contributed by atoms with van der Waals surface area (Å²) < 4.78 is 0. The Labute approximate surface area is 108 Å². The van der Waals surface area contributed by atoms with Crippen LogP contribution in [-0.4, -0.2) is 35.3 Å². The number of likely N-dealkylation sites (N-methyl/N-ethyl adjacent to an activating group) is 1. The van der Waals surface area contributed by atoms with E-state index in [2.05, 4.69) is 5.16 Å². The Hall–Kier alpha value is -1.75. The molecule has 100 valence electrons. The van der Waals surface area contributed by atoms with Crippen LogP contribution >= 0.6 is 0 Å². The Morgan fingerprint density at radius 3 is 2.50 bits per heavy atom. The lowest BCUT2D eigenvalue weighted by Crippen LogP contribution is -2.36. The molecule has 0 unspecified atom stereocenters. The number of nitrogens with two attached hydrogens (primary N) is 1. The first kappa shape index (κ1) is 14.3. The predicted octanol–water partition coefficient (Wildman–Crippen LogP) is 1.30. The zero-order chi connectivity index (χ0) is 13.9. The van der Waals surface area contributed by atoms with Crippen LogP contribution in [0.2, 0.25) is 0 Å². The minimum Gasteiger partial charge on any atom is -0.409 e. The molecule has 0 saturated carbocycles. The lowest BCUT2D eigenvalue weighted by molar-refractivity contribution is 0.0886. The van der Waals surface area contributed by atoms with Crippen molar-refractivity contribution in [1.82, 2.24) is 0 Å². The summed E-state index contributed by atoms with van der Waals surface area (Å²) in [6.45, 7) is 5.95. The van der Waals surface area contributed by atoms with Crippen molar-refractivity contribution in [3.05, 3.63) is 29.3 Å². The summed E-state index contributed by atoms with van der Waals surface area (Å²) in [5.41, 5.74) is 7.42. The van der Waals surface area contributed by atoms with Gasteiger partial charge >= 0.3 is 0 Å². The van der Waals surface area contributed by atoms with Gasteiger partial charge < -0.3 is 20.9 Å². The van der Waals surface area contributed by atoms with E-state index >= 15 is 0 Å². The average molecular weight is 251 g/mol. The number of rotatable bonds is 4. The minimum absolute atomic E-state index is 0.101. The maximum Gasteiger partial charge on any atom is 0.170 e. The second-order valence-corrected chi connectivity index (χ2v) is 5.15. The number of aryl methyl sites for hydroxylation is 1. The maximum absolute atomic E-state index is 9.79. The quantitative estimate of drug-likeness (QED) is 0.326. The molecule has 0 amide bonds. The molecule has 5 nitrogen and oxygen atoms in total. The van der Waals surface area contributed by atoms with Crippen molar-refractivity contribution in [1.29, 1.82) is 0 Å². The molecule has 1 rings (SSSR count). The number of amidine groups is 1. The van der Waals surface area contributed by atoms with Gasteiger partial charge in [0.2, 0.25) is 0 Å². The number of benzene rings is 1. The van der Waals surface area contributed by atoms with E-state index in [-0.39, 0.29) is 5.84 Å². The van der Waals surface area contributed by atoms with Crippen LogP contribution < -0.4 is 10.6 Å². The lowest BCUT2D eigenvalue weighted by atomic mass is 10.1. The first-order valence-electron chi connectivity index (χ1n) is 5.76. The smallest absolute Gasteiger partial charge is 0.170 e. The number of hydrogen-bond donors (Lipinski definition) is 3. The van der Waals surface area contributed by atoms with Gasteiger partial charge in [-0.05, 0) is 44.5 Å². The molecule has 18 heavy (non-hydrogen) atoms. The van der Waals surface area contributed by atoms with Gasteiger partial charge in [-0.2, -0.15) is 0 Å². The number of hydrogen-bond acceptors (Lipinski definition) is 4. The molecule has 0 aliphatic rings. The highest BCUT2D eigenvalue weighted by atomic mass is 16.4. The van der Waals surface area contributed by atoms with Crippen LogP contribution in [0.5, 0.6) is 0 Å². The van der Waals surface area contributed by atoms with Gasteiger partial charge in [0, 0.05) is 24.8 Å². The molecule has 0 radical (unpaired) electrons. The summed E-state index contributed by atoms with van der Waals surface area (Å²) in [5, 5.41) is 21.4. The van der Waals surface area contributed by atoms with Crippen molar-refractivity contribution in [2.24, 2.45) is 10.9 Å². The van der Waals surface area contributed by atoms with Crippen LogP contribution in [0.25, 0.3) is 0 Å². The summed E-state index contributed by atoms with van der Waals surface area (Å²) >= 11 is 0. The van der Waals surface area contributed by atoms with E-state index in [0.29, 0.717) is 12.1 Å². The van der Waals surface area contributed by atoms with Crippen LogP contribution in [-0.2, 0) is 0 Å². The molecule has 0 fully saturated rings. The summed E-state index contributed by atoms with van der Waals surface area (Å²) in [7, 11) is 1.91. The third-order valence-electron chi connectivity index (χ3n) is 2.66. The van der Waals surface area contributed by atoms with Gasteiger partial charge in [0.05, 0.1) is 5.60 Å². The van der Waals surface area contributed by atoms with Crippen LogP contribution in [0.15, 0.2) is 23.4 Å². The van der Waals surface area contributed by atoms with E-state index in [1.807, 2.05) is 31.0 Å². The van der Waals surface area contributed by atoms with E-state index < -0.39 is 5.60 Å². The Morgan fingerprint density at radius 2 is 2.06 bits per heavy atom. The molecule has 1 aromatic carbocycles. The average Bonchev–Trinajstić information content (AvgIpc) is 2.25. The highest BCUT2D eigenvalue weighted by Gasteiger charge is 2.16. The Morgan fingerprint density at radius 1 is 1.44 bits per heavy atom. The largest absolute Gasteiger partial charge is 0.409 e. The lowest BCUT2D eigenvalue weighted by Gasteiger charge is -2.27. The number of nitrogens with zero attached hydrogens (tertiary/aromatic N) is 2. The fourth-order valence-corrected chi connectivity index (χ4v) is 1.90. The first-order chi connectivity index (χ1) is 8.24. The summed E-state index contributed by atoms with van der Waals surface area (Å²) in [4.78, 5) is 1.96. The third-order valence-corrected chi connectivity index (χ3v) is 2.66. The van der Waals surface area contributed by atoms with Crippen LogP contribution in [0, 0.1) is 6.92 Å². The second-order valence-electron chi connectivity index (χ2n) is 5.15. The van der Waals surface area contributed by atoms with Crippen LogP contribution in [0.4, 0.5) is 5.69 Å². The topological polar surface area (TPSA) is 82.1 Å². The van der Waals surface area contributed by atoms with Crippen molar-refractivity contribution >= 4 is 11.5 Å². The molecular formula is C13H21N3O2. The summed E-state index contributed by atoms with van der Waals surface area (Å²) in [5.74, 6) is 0.101. The molecule has 0 bridgehead atoms. The minimum atomic E-state index is -0.757. The van der Waals surface area contributed by atoms with Crippen molar-refractivity contribution in [2.45, 2.75) is 26.4 Å². The van der Waals surface area contributed by atoms with Crippen molar-refractivity contribution in [3.8, 4) is 0 Å². The Bertz CT molecular complexity index is 450. The molecule has 0 aliphatic carbocycles. The van der Waals surface area contributed by atoms with Gasteiger partial charge in [0.1, 0.15) is 0 Å². The van der Waals surface area contributed by atoms with Crippen LogP contribution in [0.1, 0.15) is 25.0 Å². The number of anilines is 1. The van der Waals surface area contributed by atoms with Crippen molar-refractivity contribution in [2.75, 3.05) is 18.5 Å². The fourth-order valence-electron chi connectivity index (χ4n) is 1.90. The zero-order valence-electron chi connectivity index (χ0n) is 11.3. The third kappa shape index (κ3) is 3.63. The van der Waals surface area contributed by atoms with E-state index in [9.17, 15) is 5.11 Å². The molecule has 0 saturated heterocycles. The van der Waals surface area contributed by atoms with E-state index in [1.54, 1.807) is 19.9 Å². The highest BCUT2D eigenvalue weighted by Crippen LogP contribution is 2.19. The van der Waals surface area contributed by atoms with Gasteiger partial charge in [-0.1, -0.05) is 5.16 Å².